The lowest BCUT2D eigenvalue weighted by Crippen LogP contribution is -2.31. The Balaban J connectivity index is 0.0000000852. The predicted molar refractivity (Wildman–Crippen MR) is 435 cm³/mol. The molecule has 0 amide bonds. The van der Waals surface area contributed by atoms with Gasteiger partial charge in [-0.15, -0.1) is 0 Å². The predicted octanol–water partition coefficient (Wildman–Crippen LogP) is 13.5. The Morgan fingerprint density at radius 2 is 0.852 bits per heavy atom. The van der Waals surface area contributed by atoms with Crippen LogP contribution in [-0.2, 0) is 46.7 Å². The van der Waals surface area contributed by atoms with E-state index in [0.29, 0.717) is 17.9 Å². The number of hydrogen-bond acceptors (Lipinski definition) is 12. The molecule has 0 saturated heterocycles. The zero-order chi connectivity index (χ0) is 78.2. The van der Waals surface area contributed by atoms with Gasteiger partial charge in [0.25, 0.3) is 34.7 Å². The van der Waals surface area contributed by atoms with E-state index in [2.05, 4.69) is 230 Å². The fourth-order valence-electron chi connectivity index (χ4n) is 18.1. The average molecular weight is 1520 g/mol. The first kappa shape index (κ1) is 61.4. The summed E-state index contributed by atoms with van der Waals surface area (Å²) in [5.74, 6) is 4.00. The molecule has 0 spiro atoms. The van der Waals surface area contributed by atoms with Crippen molar-refractivity contribution in [1.82, 2.24) is 85.9 Å². The van der Waals surface area contributed by atoms with Gasteiger partial charge in [-0.25, -0.2) is 32.8 Å². The first-order chi connectivity index (χ1) is 58.1. The normalized spacial score (nSPS) is 13.3. The second kappa shape index (κ2) is 25.1. The van der Waals surface area contributed by atoms with E-state index in [0.717, 1.165) is 110 Å². The van der Waals surface area contributed by atoms with Gasteiger partial charge in [-0.3, -0.25) is 44.4 Å². The number of nitrogens with zero attached hydrogens (tertiary/aromatic N) is 23. The Bertz CT molecular complexity index is 7920. The van der Waals surface area contributed by atoms with Crippen molar-refractivity contribution in [2.75, 3.05) is 0 Å². The van der Waals surface area contributed by atoms with Gasteiger partial charge in [0.2, 0.25) is 22.1 Å². The average Bonchev–Trinajstić information content (AvgIpc) is 1.51. The molecule has 25 heteroatoms. The summed E-state index contributed by atoms with van der Waals surface area (Å²) in [6.07, 6.45) is 40.9. The van der Waals surface area contributed by atoms with E-state index in [1.54, 1.807) is 37.2 Å². The number of oxazole rings is 1. The van der Waals surface area contributed by atoms with E-state index in [1.807, 2.05) is 150 Å². The molecule has 3 aromatic carbocycles. The summed E-state index contributed by atoms with van der Waals surface area (Å²) in [6.45, 7) is 1.70. The standard InChI is InChI=1S/C26H18N5.C21H16N5.C15H12N5.C14H9N4O.C14H9N4S/c1-3-7-19(8-4-1)30-23-12-14-28-16-22(23)24-26(30)31(20-9-5-2-6-10-20)25-21-11-13-27-15-18(21)17-29(24)25;1-24-18-8-10-23-12-17(18)19-21(24)26(15-5-3-2-4-6-15)20-16-7-9-22-11-14(16)13-25(19)20;1-18-13-9-19-5-4-17-7-12(19)14(13)20-8-10-6-16-3-2-11(10)15(18)20;2*1-3-16-8-18-10(1)5-12-13(18)17-7-9-6-15-4-2-11(9)14(17)19-12/h1-16H,17H2;2-12H,13H2,1H3;2-7,9H,8H2,1H3;2*1-6,8H,7H2/q5*+1/i;;1D3;;. The van der Waals surface area contributed by atoms with Crippen LogP contribution in [0.1, 0.15) is 31.9 Å². The summed E-state index contributed by atoms with van der Waals surface area (Å²) in [6, 6.07) is 54.4. The highest BCUT2D eigenvalue weighted by Crippen LogP contribution is 2.43. The topological polar surface area (TPSA) is 199 Å². The molecular formula is C90H64N23OS+5. The molecule has 0 fully saturated rings. The van der Waals surface area contributed by atoms with Crippen LogP contribution in [0.4, 0.5) is 0 Å². The van der Waals surface area contributed by atoms with Gasteiger partial charge < -0.3 is 13.4 Å². The Morgan fingerprint density at radius 3 is 1.48 bits per heavy atom. The molecule has 0 unspecified atom stereocenters. The molecule has 115 heavy (non-hydrogen) atoms. The smallest absolute Gasteiger partial charge is 0.335 e. The molecule has 20 aromatic heterocycles. The van der Waals surface area contributed by atoms with Crippen molar-refractivity contribution in [3.63, 3.8) is 0 Å². The molecule has 25 heterocycles. The van der Waals surface area contributed by atoms with Crippen molar-refractivity contribution in [1.29, 1.82) is 0 Å². The number of aromatic nitrogens is 23. The van der Waals surface area contributed by atoms with Gasteiger partial charge in [0.1, 0.15) is 65.3 Å². The highest BCUT2D eigenvalue weighted by atomic mass is 32.1. The van der Waals surface area contributed by atoms with Crippen LogP contribution in [-0.4, -0.2) is 85.9 Å². The Morgan fingerprint density at radius 1 is 0.383 bits per heavy atom. The highest BCUT2D eigenvalue weighted by Gasteiger charge is 2.42. The summed E-state index contributed by atoms with van der Waals surface area (Å²) >= 11 is 1.84. The van der Waals surface area contributed by atoms with Gasteiger partial charge in [-0.2, -0.15) is 22.5 Å². The minimum atomic E-state index is -2.26. The molecule has 0 saturated carbocycles. The van der Waals surface area contributed by atoms with E-state index in [4.69, 9.17) is 8.53 Å². The first-order valence-electron chi connectivity index (χ1n) is 39.2. The van der Waals surface area contributed by atoms with Crippen LogP contribution in [0, 0.1) is 0 Å². The van der Waals surface area contributed by atoms with Gasteiger partial charge in [-0.1, -0.05) is 65.9 Å². The SMILES string of the molecule is Cn1c2ccncc2c2c1n(-c1ccccc1)c1[n+]2Cc2cnccc2-1.[2H]C([2H])([2H])n1c2[n+](c3c1cn1ccncc31)Cc1cnccc1-2.c1cc2c(cn1)C[n+]1c-2oc2cc3ccncn3c21.c1cc2c(cn1)C[n+]1c-2sc2cc3ccncn3c21.c1ccc(-n2c3[n+](c4c5cnccc5n(-c5ccccc5)c42)Cc2cnccc2-3)cc1. The van der Waals surface area contributed by atoms with Crippen LogP contribution in [0.2, 0.25) is 0 Å². The number of benzene rings is 3. The lowest BCUT2D eigenvalue weighted by atomic mass is 10.1. The molecule has 5 aliphatic heterocycles. The number of rotatable bonds is 3. The number of hydrogen-bond donors (Lipinski definition) is 0. The molecule has 0 radical (unpaired) electrons. The van der Waals surface area contributed by atoms with Gasteiger partial charge >= 0.3 is 11.3 Å². The Kier molecular flexibility index (Phi) is 13.4. The molecule has 0 N–H and O–H groups in total. The molecule has 0 bridgehead atoms. The third-order valence-corrected chi connectivity index (χ3v) is 24.1. The molecule has 0 atom stereocenters. The van der Waals surface area contributed by atoms with Crippen molar-refractivity contribution in [3.05, 3.63) is 322 Å². The summed E-state index contributed by atoms with van der Waals surface area (Å²) < 4.78 is 59.7. The minimum Gasteiger partial charge on any atom is -0.414 e. The van der Waals surface area contributed by atoms with Crippen LogP contribution < -0.4 is 22.8 Å². The lowest BCUT2D eigenvalue weighted by Gasteiger charge is -2.08. The number of pyridine rings is 7. The van der Waals surface area contributed by atoms with Crippen molar-refractivity contribution in [2.45, 2.75) is 32.7 Å². The largest absolute Gasteiger partial charge is 0.414 e. The van der Waals surface area contributed by atoms with Crippen LogP contribution >= 0.6 is 11.3 Å². The van der Waals surface area contributed by atoms with E-state index in [9.17, 15) is 0 Å². The molecule has 23 aromatic rings. The summed E-state index contributed by atoms with van der Waals surface area (Å²) in [5.41, 5.74) is 30.4. The van der Waals surface area contributed by atoms with Crippen molar-refractivity contribution < 1.29 is 31.4 Å². The van der Waals surface area contributed by atoms with E-state index >= 15 is 0 Å². The molecule has 24 nitrogen and oxygen atoms in total. The maximum absolute atomic E-state index is 8.00. The quantitative estimate of drug-likeness (QED) is 0.152. The third kappa shape index (κ3) is 9.54. The zero-order valence-corrected chi connectivity index (χ0v) is 62.2. The number of fused-ring (bicyclic) bond motifs is 35. The summed E-state index contributed by atoms with van der Waals surface area (Å²) in [4.78, 5) is 42.7. The van der Waals surface area contributed by atoms with E-state index < -0.39 is 6.98 Å². The van der Waals surface area contributed by atoms with Gasteiger partial charge in [0.05, 0.1) is 67.5 Å². The second-order valence-electron chi connectivity index (χ2n) is 29.1. The Hall–Kier alpha value is -15.4. The van der Waals surface area contributed by atoms with Crippen LogP contribution in [0.25, 0.3) is 167 Å². The van der Waals surface area contributed by atoms with Crippen LogP contribution in [0.15, 0.2) is 299 Å². The highest BCUT2D eigenvalue weighted by molar-refractivity contribution is 7.21. The summed E-state index contributed by atoms with van der Waals surface area (Å²) in [7, 11) is 2.13. The molecule has 546 valence electrons. The zero-order valence-electron chi connectivity index (χ0n) is 64.4. The number of imidazole rings is 3. The Labute approximate surface area is 660 Å². The van der Waals surface area contributed by atoms with E-state index in [1.165, 1.54) is 104 Å². The number of thiazole rings is 1. The number of aryl methyl sites for hydroxylation is 2. The third-order valence-electron chi connectivity index (χ3n) is 22.9. The van der Waals surface area contributed by atoms with Gasteiger partial charge in [0.15, 0.2) is 23.2 Å². The minimum absolute atomic E-state index is 0.618. The van der Waals surface area contributed by atoms with Crippen LogP contribution in [0.3, 0.4) is 0 Å². The van der Waals surface area contributed by atoms with Crippen LogP contribution in [0.5, 0.6) is 0 Å². The molecule has 28 rings (SSSR count). The molecule has 5 aliphatic rings. The number of para-hydroxylation sites is 3. The van der Waals surface area contributed by atoms with Gasteiger partial charge in [0, 0.05) is 182 Å². The second-order valence-corrected chi connectivity index (χ2v) is 30.1. The van der Waals surface area contributed by atoms with Crippen molar-refractivity contribution in [2.24, 2.45) is 14.0 Å². The molecular weight excluding hydrogens is 1450 g/mol. The fourth-order valence-corrected chi connectivity index (χ4v) is 19.3. The van der Waals surface area contributed by atoms with Crippen molar-refractivity contribution in [3.8, 4) is 73.3 Å². The lowest BCUT2D eigenvalue weighted by molar-refractivity contribution is -0.651. The first-order valence-corrected chi connectivity index (χ1v) is 38.5. The van der Waals surface area contributed by atoms with Gasteiger partial charge in [-0.05, 0) is 78.9 Å². The fraction of sp³-hybridized carbons (Fsp3) is 0.0778. The molecule has 0 aliphatic carbocycles. The van der Waals surface area contributed by atoms with Crippen molar-refractivity contribution >= 4 is 105 Å². The van der Waals surface area contributed by atoms with E-state index in [-0.39, 0.29) is 0 Å². The maximum atomic E-state index is 8.00. The summed E-state index contributed by atoms with van der Waals surface area (Å²) in [5, 5.41) is 3.65. The maximum Gasteiger partial charge on any atom is 0.335 e. The monoisotopic (exact) mass is 1520 g/mol.